The molecule has 1 aromatic carbocycles. The van der Waals surface area contributed by atoms with E-state index in [1.54, 1.807) is 49.0 Å². The summed E-state index contributed by atoms with van der Waals surface area (Å²) in [6, 6.07) is 14.2. The van der Waals surface area contributed by atoms with Gasteiger partial charge in [-0.25, -0.2) is 8.42 Å². The van der Waals surface area contributed by atoms with Crippen molar-refractivity contribution in [3.05, 3.63) is 84.1 Å². The van der Waals surface area contributed by atoms with Crippen LogP contribution in [0.15, 0.2) is 76.5 Å². The summed E-state index contributed by atoms with van der Waals surface area (Å²) >= 11 is 0. The standard InChI is InChI=1S/C19H20N2O3S/c1-2-16-7-9-19(10-8-16)25(22,23)21(15-18-6-4-12-24-18)14-17-5-3-11-20-13-17/h3-13H,2,14-15H2,1H3. The fourth-order valence-corrected chi connectivity index (χ4v) is 3.94. The molecule has 0 spiro atoms. The summed E-state index contributed by atoms with van der Waals surface area (Å²) in [4.78, 5) is 4.35. The van der Waals surface area contributed by atoms with E-state index < -0.39 is 10.0 Å². The first-order valence-corrected chi connectivity index (χ1v) is 9.54. The Balaban J connectivity index is 1.93. The molecule has 2 aromatic heterocycles. The van der Waals surface area contributed by atoms with Crippen LogP contribution in [0.3, 0.4) is 0 Å². The van der Waals surface area contributed by atoms with Crippen molar-refractivity contribution in [2.45, 2.75) is 31.3 Å². The van der Waals surface area contributed by atoms with E-state index in [4.69, 9.17) is 4.42 Å². The number of nitrogens with zero attached hydrogens (tertiary/aromatic N) is 2. The lowest BCUT2D eigenvalue weighted by Gasteiger charge is -2.21. The van der Waals surface area contributed by atoms with Crippen LogP contribution in [-0.4, -0.2) is 17.7 Å². The van der Waals surface area contributed by atoms with Crippen LogP contribution in [-0.2, 0) is 29.5 Å². The van der Waals surface area contributed by atoms with Gasteiger partial charge in [-0.15, -0.1) is 0 Å². The third-order valence-electron chi connectivity index (χ3n) is 3.96. The first-order chi connectivity index (χ1) is 12.1. The van der Waals surface area contributed by atoms with Gasteiger partial charge in [-0.05, 0) is 47.9 Å². The number of pyridine rings is 1. The second kappa shape index (κ2) is 7.63. The van der Waals surface area contributed by atoms with Crippen molar-refractivity contribution in [2.24, 2.45) is 0 Å². The number of hydrogen-bond acceptors (Lipinski definition) is 4. The van der Waals surface area contributed by atoms with E-state index in [1.807, 2.05) is 25.1 Å². The molecule has 0 atom stereocenters. The number of aromatic nitrogens is 1. The summed E-state index contributed by atoms with van der Waals surface area (Å²) in [7, 11) is -3.65. The van der Waals surface area contributed by atoms with Gasteiger partial charge in [0.15, 0.2) is 0 Å². The first kappa shape index (κ1) is 17.4. The van der Waals surface area contributed by atoms with Crippen LogP contribution >= 0.6 is 0 Å². The molecular formula is C19H20N2O3S. The van der Waals surface area contributed by atoms with Gasteiger partial charge in [0.05, 0.1) is 17.7 Å². The molecular weight excluding hydrogens is 336 g/mol. The Labute approximate surface area is 148 Å². The van der Waals surface area contributed by atoms with Crippen molar-refractivity contribution < 1.29 is 12.8 Å². The van der Waals surface area contributed by atoms with E-state index in [-0.39, 0.29) is 18.0 Å². The van der Waals surface area contributed by atoms with Gasteiger partial charge in [-0.3, -0.25) is 4.98 Å². The van der Waals surface area contributed by atoms with Crippen LogP contribution in [0.4, 0.5) is 0 Å². The van der Waals surface area contributed by atoms with Crippen molar-refractivity contribution >= 4 is 10.0 Å². The van der Waals surface area contributed by atoms with Crippen molar-refractivity contribution in [3.8, 4) is 0 Å². The van der Waals surface area contributed by atoms with Crippen LogP contribution in [0.5, 0.6) is 0 Å². The SMILES string of the molecule is CCc1ccc(S(=O)(=O)N(Cc2cccnc2)Cc2ccco2)cc1. The molecule has 0 amide bonds. The molecule has 2 heterocycles. The molecule has 25 heavy (non-hydrogen) atoms. The normalized spacial score (nSPS) is 11.8. The Kier molecular flexibility index (Phi) is 5.31. The van der Waals surface area contributed by atoms with Gasteiger partial charge in [0, 0.05) is 18.9 Å². The predicted molar refractivity (Wildman–Crippen MR) is 95.2 cm³/mol. The molecule has 0 aliphatic carbocycles. The van der Waals surface area contributed by atoms with Crippen molar-refractivity contribution in [3.63, 3.8) is 0 Å². The highest BCUT2D eigenvalue weighted by molar-refractivity contribution is 7.89. The van der Waals surface area contributed by atoms with Crippen LogP contribution in [0.1, 0.15) is 23.8 Å². The minimum absolute atomic E-state index is 0.166. The van der Waals surface area contributed by atoms with E-state index in [2.05, 4.69) is 4.98 Å². The Morgan fingerprint density at radius 3 is 2.40 bits per heavy atom. The minimum atomic E-state index is -3.65. The molecule has 0 saturated carbocycles. The van der Waals surface area contributed by atoms with Gasteiger partial charge in [-0.1, -0.05) is 25.1 Å². The quantitative estimate of drug-likeness (QED) is 0.648. The second-order valence-corrected chi connectivity index (χ2v) is 7.65. The maximum atomic E-state index is 13.1. The number of aryl methyl sites for hydroxylation is 1. The van der Waals surface area contributed by atoms with Gasteiger partial charge in [0.1, 0.15) is 5.76 Å². The number of hydrogen-bond donors (Lipinski definition) is 0. The lowest BCUT2D eigenvalue weighted by Crippen LogP contribution is -2.30. The van der Waals surface area contributed by atoms with Gasteiger partial charge < -0.3 is 4.42 Å². The predicted octanol–water partition coefficient (Wildman–Crippen LogP) is 3.63. The lowest BCUT2D eigenvalue weighted by molar-refractivity contribution is 0.358. The Morgan fingerprint density at radius 2 is 1.80 bits per heavy atom. The van der Waals surface area contributed by atoms with Crippen LogP contribution < -0.4 is 0 Å². The number of benzene rings is 1. The maximum Gasteiger partial charge on any atom is 0.243 e. The minimum Gasteiger partial charge on any atom is -0.468 e. The van der Waals surface area contributed by atoms with Gasteiger partial charge in [-0.2, -0.15) is 4.31 Å². The average Bonchev–Trinajstić information content (AvgIpc) is 3.15. The third kappa shape index (κ3) is 4.15. The highest BCUT2D eigenvalue weighted by Gasteiger charge is 2.25. The fraction of sp³-hybridized carbons (Fsp3) is 0.211. The number of rotatable bonds is 7. The molecule has 0 aliphatic heterocycles. The topological polar surface area (TPSA) is 63.4 Å². The van der Waals surface area contributed by atoms with Gasteiger partial charge >= 0.3 is 0 Å². The highest BCUT2D eigenvalue weighted by Crippen LogP contribution is 2.21. The summed E-state index contributed by atoms with van der Waals surface area (Å²) in [6.07, 6.45) is 5.75. The smallest absolute Gasteiger partial charge is 0.243 e. The maximum absolute atomic E-state index is 13.1. The van der Waals surface area contributed by atoms with Crippen LogP contribution in [0.25, 0.3) is 0 Å². The zero-order valence-electron chi connectivity index (χ0n) is 14.0. The van der Waals surface area contributed by atoms with Gasteiger partial charge in [0.25, 0.3) is 0 Å². The highest BCUT2D eigenvalue weighted by atomic mass is 32.2. The average molecular weight is 356 g/mol. The fourth-order valence-electron chi connectivity index (χ4n) is 2.54. The van der Waals surface area contributed by atoms with Crippen molar-refractivity contribution in [1.82, 2.24) is 9.29 Å². The summed E-state index contributed by atoms with van der Waals surface area (Å²) in [5.41, 5.74) is 1.92. The number of furan rings is 1. The number of sulfonamides is 1. The Hall–Kier alpha value is -2.44. The zero-order chi connectivity index (χ0) is 17.7. The third-order valence-corrected chi connectivity index (χ3v) is 5.77. The molecule has 130 valence electrons. The molecule has 5 nitrogen and oxygen atoms in total. The Bertz CT molecular complexity index is 890. The lowest BCUT2D eigenvalue weighted by atomic mass is 10.2. The monoisotopic (exact) mass is 356 g/mol. The molecule has 0 aliphatic rings. The van der Waals surface area contributed by atoms with E-state index >= 15 is 0 Å². The molecule has 0 N–H and O–H groups in total. The second-order valence-electron chi connectivity index (χ2n) is 5.71. The van der Waals surface area contributed by atoms with E-state index in [0.717, 1.165) is 17.5 Å². The summed E-state index contributed by atoms with van der Waals surface area (Å²) in [5.74, 6) is 0.595. The van der Waals surface area contributed by atoms with Gasteiger partial charge in [0.2, 0.25) is 10.0 Å². The van der Waals surface area contributed by atoms with E-state index in [0.29, 0.717) is 5.76 Å². The Morgan fingerprint density at radius 1 is 1.00 bits per heavy atom. The molecule has 0 saturated heterocycles. The first-order valence-electron chi connectivity index (χ1n) is 8.10. The van der Waals surface area contributed by atoms with E-state index in [1.165, 1.54) is 4.31 Å². The molecule has 0 bridgehead atoms. The molecule has 3 aromatic rings. The van der Waals surface area contributed by atoms with Crippen LogP contribution in [0, 0.1) is 0 Å². The molecule has 0 fully saturated rings. The molecule has 3 rings (SSSR count). The summed E-state index contributed by atoms with van der Waals surface area (Å²) in [6.45, 7) is 2.43. The zero-order valence-corrected chi connectivity index (χ0v) is 14.8. The molecule has 6 heteroatoms. The largest absolute Gasteiger partial charge is 0.468 e. The van der Waals surface area contributed by atoms with Crippen molar-refractivity contribution in [2.75, 3.05) is 0 Å². The summed E-state index contributed by atoms with van der Waals surface area (Å²) < 4.78 is 33.0. The molecule has 0 radical (unpaired) electrons. The van der Waals surface area contributed by atoms with Crippen LogP contribution in [0.2, 0.25) is 0 Å². The summed E-state index contributed by atoms with van der Waals surface area (Å²) in [5, 5.41) is 0. The van der Waals surface area contributed by atoms with E-state index in [9.17, 15) is 8.42 Å². The van der Waals surface area contributed by atoms with Crippen molar-refractivity contribution in [1.29, 1.82) is 0 Å². The molecule has 0 unspecified atom stereocenters.